The molecule has 0 spiro atoms. The number of carbonyl (C=O) groups excluding carboxylic acids is 1. The van der Waals surface area contributed by atoms with Crippen molar-refractivity contribution in [1.82, 2.24) is 0 Å². The van der Waals surface area contributed by atoms with Crippen molar-refractivity contribution >= 4 is 17.6 Å². The normalized spacial score (nSPS) is 10.2. The third-order valence-corrected chi connectivity index (χ3v) is 2.93. The van der Waals surface area contributed by atoms with Crippen LogP contribution in [0.4, 0.5) is 4.39 Å². The predicted octanol–water partition coefficient (Wildman–Crippen LogP) is 3.24. The van der Waals surface area contributed by atoms with Crippen LogP contribution < -0.4 is 0 Å². The van der Waals surface area contributed by atoms with Crippen LogP contribution in [0.1, 0.15) is 33.8 Å². The molecule has 0 saturated carbocycles. The van der Waals surface area contributed by atoms with E-state index in [9.17, 15) is 9.18 Å². The lowest BCUT2D eigenvalue weighted by atomic mass is 10.2. The zero-order valence-corrected chi connectivity index (χ0v) is 8.28. The number of alkyl halides is 1. The summed E-state index contributed by atoms with van der Waals surface area (Å²) in [6.07, 6.45) is 4.45. The Kier molecular flexibility index (Phi) is 4.68. The molecule has 0 aliphatic heterocycles. The third-order valence-electron chi connectivity index (χ3n) is 1.86. The van der Waals surface area contributed by atoms with E-state index in [4.69, 9.17) is 0 Å². The molecule has 1 rings (SSSR count). The van der Waals surface area contributed by atoms with Crippen LogP contribution in [0.2, 0.25) is 0 Å². The summed E-state index contributed by atoms with van der Waals surface area (Å²) >= 11 is 1.53. The highest BCUT2D eigenvalue weighted by molar-refractivity contribution is 7.13. The minimum absolute atomic E-state index is 0.218. The first kappa shape index (κ1) is 10.4. The second-order valence-electron chi connectivity index (χ2n) is 2.92. The van der Waals surface area contributed by atoms with Crippen molar-refractivity contribution in [3.8, 4) is 0 Å². The second kappa shape index (κ2) is 5.86. The molecule has 3 heteroatoms. The van der Waals surface area contributed by atoms with E-state index in [1.807, 2.05) is 12.1 Å². The van der Waals surface area contributed by atoms with E-state index in [1.165, 1.54) is 16.2 Å². The van der Waals surface area contributed by atoms with Crippen LogP contribution >= 0.6 is 11.3 Å². The summed E-state index contributed by atoms with van der Waals surface area (Å²) in [5.41, 5.74) is 0. The summed E-state index contributed by atoms with van der Waals surface area (Å²) in [4.78, 5) is 12.4. The van der Waals surface area contributed by atoms with Crippen LogP contribution in [0, 0.1) is 0 Å². The number of hydrogen-bond acceptors (Lipinski definition) is 2. The van der Waals surface area contributed by atoms with E-state index in [0.29, 0.717) is 6.42 Å². The predicted molar refractivity (Wildman–Crippen MR) is 53.2 cm³/mol. The van der Waals surface area contributed by atoms with Crippen molar-refractivity contribution in [3.63, 3.8) is 0 Å². The van der Waals surface area contributed by atoms with Crippen LogP contribution in [-0.4, -0.2) is 13.0 Å². The van der Waals surface area contributed by atoms with Gasteiger partial charge in [0.2, 0.25) is 0 Å². The summed E-state index contributed by atoms with van der Waals surface area (Å²) in [5.74, 6) is 0. The smallest absolute Gasteiger partial charge is 0.160 e. The van der Waals surface area contributed by atoms with Crippen molar-refractivity contribution in [2.24, 2.45) is 0 Å². The van der Waals surface area contributed by atoms with E-state index in [-0.39, 0.29) is 6.67 Å². The summed E-state index contributed by atoms with van der Waals surface area (Å²) in [6.45, 7) is -0.218. The fraction of sp³-hybridized carbons (Fsp3) is 0.500. The number of hydrogen-bond donors (Lipinski definition) is 0. The Balaban J connectivity index is 2.24. The molecule has 0 aliphatic carbocycles. The van der Waals surface area contributed by atoms with E-state index in [0.717, 1.165) is 30.4 Å². The average Bonchev–Trinajstić information content (AvgIpc) is 2.60. The number of carbonyl (C=O) groups is 1. The topological polar surface area (TPSA) is 17.1 Å². The molecule has 0 aromatic carbocycles. The van der Waals surface area contributed by atoms with Gasteiger partial charge >= 0.3 is 0 Å². The molecule has 0 radical (unpaired) electrons. The standard InChI is InChI=1S/C10H13FOS/c11-7-3-1-2-4-9-5-6-10(8-12)13-9/h5-6,8H,1-4,7H2. The quantitative estimate of drug-likeness (QED) is 0.509. The number of thiophene rings is 1. The van der Waals surface area contributed by atoms with Crippen LogP contribution in [0.3, 0.4) is 0 Å². The lowest BCUT2D eigenvalue weighted by Crippen LogP contribution is -1.82. The first-order valence-electron chi connectivity index (χ1n) is 4.46. The maximum Gasteiger partial charge on any atom is 0.160 e. The Morgan fingerprint density at radius 1 is 1.31 bits per heavy atom. The van der Waals surface area contributed by atoms with Crippen LogP contribution in [-0.2, 0) is 6.42 Å². The number of aryl methyl sites for hydroxylation is 1. The van der Waals surface area contributed by atoms with Crippen molar-refractivity contribution in [2.45, 2.75) is 25.7 Å². The first-order valence-corrected chi connectivity index (χ1v) is 5.28. The fourth-order valence-electron chi connectivity index (χ4n) is 1.16. The SMILES string of the molecule is O=Cc1ccc(CCCCCF)s1. The molecule has 72 valence electrons. The van der Waals surface area contributed by atoms with Crippen LogP contribution in [0.25, 0.3) is 0 Å². The van der Waals surface area contributed by atoms with Gasteiger partial charge in [-0.3, -0.25) is 9.18 Å². The molecule has 0 aliphatic rings. The molecule has 0 unspecified atom stereocenters. The van der Waals surface area contributed by atoms with Gasteiger partial charge < -0.3 is 0 Å². The number of halogens is 1. The van der Waals surface area contributed by atoms with Gasteiger partial charge in [-0.25, -0.2) is 0 Å². The molecule has 0 N–H and O–H groups in total. The minimum atomic E-state index is -0.218. The zero-order chi connectivity index (χ0) is 9.52. The maximum absolute atomic E-state index is 11.7. The number of unbranched alkanes of at least 4 members (excludes halogenated alkanes) is 2. The van der Waals surface area contributed by atoms with Gasteiger partial charge in [0.15, 0.2) is 6.29 Å². The lowest BCUT2D eigenvalue weighted by molar-refractivity contribution is 0.112. The van der Waals surface area contributed by atoms with Crippen LogP contribution in [0.5, 0.6) is 0 Å². The third kappa shape index (κ3) is 3.68. The summed E-state index contributed by atoms with van der Waals surface area (Å²) < 4.78 is 11.7. The molecule has 0 saturated heterocycles. The fourth-order valence-corrected chi connectivity index (χ4v) is 2.03. The van der Waals surface area contributed by atoms with Crippen molar-refractivity contribution in [3.05, 3.63) is 21.9 Å². The largest absolute Gasteiger partial charge is 0.297 e. The highest BCUT2D eigenvalue weighted by Gasteiger charge is 1.98. The maximum atomic E-state index is 11.7. The molecule has 13 heavy (non-hydrogen) atoms. The first-order chi connectivity index (χ1) is 6.36. The van der Waals surface area contributed by atoms with E-state index in [2.05, 4.69) is 0 Å². The van der Waals surface area contributed by atoms with Gasteiger partial charge in [-0.1, -0.05) is 6.42 Å². The van der Waals surface area contributed by atoms with Gasteiger partial charge in [-0.2, -0.15) is 0 Å². The van der Waals surface area contributed by atoms with E-state index >= 15 is 0 Å². The van der Waals surface area contributed by atoms with Gasteiger partial charge in [0, 0.05) is 4.88 Å². The Hall–Kier alpha value is -0.700. The van der Waals surface area contributed by atoms with Gasteiger partial charge in [-0.15, -0.1) is 11.3 Å². The summed E-state index contributed by atoms with van der Waals surface area (Å²) in [7, 11) is 0. The molecular formula is C10H13FOS. The molecular weight excluding hydrogens is 187 g/mol. The second-order valence-corrected chi connectivity index (χ2v) is 4.12. The molecule has 0 bridgehead atoms. The molecule has 0 fully saturated rings. The molecule has 1 nitrogen and oxygen atoms in total. The monoisotopic (exact) mass is 200 g/mol. The van der Waals surface area contributed by atoms with Gasteiger partial charge in [0.05, 0.1) is 11.6 Å². The highest BCUT2D eigenvalue weighted by Crippen LogP contribution is 2.17. The number of rotatable bonds is 6. The van der Waals surface area contributed by atoms with Crippen molar-refractivity contribution < 1.29 is 9.18 Å². The molecule has 1 aromatic rings. The average molecular weight is 200 g/mol. The number of aldehydes is 1. The molecule has 1 aromatic heterocycles. The minimum Gasteiger partial charge on any atom is -0.297 e. The highest BCUT2D eigenvalue weighted by atomic mass is 32.1. The van der Waals surface area contributed by atoms with Crippen molar-refractivity contribution in [2.75, 3.05) is 6.67 Å². The Morgan fingerprint density at radius 2 is 2.15 bits per heavy atom. The van der Waals surface area contributed by atoms with Gasteiger partial charge in [0.1, 0.15) is 0 Å². The van der Waals surface area contributed by atoms with Gasteiger partial charge in [-0.05, 0) is 31.4 Å². The Bertz CT molecular complexity index is 257. The van der Waals surface area contributed by atoms with E-state index < -0.39 is 0 Å². The molecule has 0 amide bonds. The summed E-state index contributed by atoms with van der Waals surface area (Å²) in [5, 5.41) is 0. The van der Waals surface area contributed by atoms with E-state index in [1.54, 1.807) is 0 Å². The van der Waals surface area contributed by atoms with Gasteiger partial charge in [0.25, 0.3) is 0 Å². The zero-order valence-electron chi connectivity index (χ0n) is 7.46. The molecule has 1 heterocycles. The summed E-state index contributed by atoms with van der Waals surface area (Å²) in [6, 6.07) is 3.81. The lowest BCUT2D eigenvalue weighted by Gasteiger charge is -1.95. The van der Waals surface area contributed by atoms with Crippen molar-refractivity contribution in [1.29, 1.82) is 0 Å². The Morgan fingerprint density at radius 3 is 2.77 bits per heavy atom. The molecule has 0 atom stereocenters. The van der Waals surface area contributed by atoms with Crippen LogP contribution in [0.15, 0.2) is 12.1 Å². The Labute approximate surface area is 81.6 Å².